The summed E-state index contributed by atoms with van der Waals surface area (Å²) >= 11 is 6.12. The van der Waals surface area contributed by atoms with Gasteiger partial charge in [0, 0.05) is 12.1 Å². The lowest BCUT2D eigenvalue weighted by Gasteiger charge is -2.33. The fourth-order valence-corrected chi connectivity index (χ4v) is 6.58. The molecular formula is C12H25ClOSi. The molecule has 0 aromatic rings. The molecule has 1 saturated heterocycles. The first-order valence-electron chi connectivity index (χ1n) is 6.38. The second-order valence-corrected chi connectivity index (χ2v) is 9.99. The number of alkyl halides is 1. The molecule has 0 aromatic carbocycles. The van der Waals surface area contributed by atoms with Crippen molar-refractivity contribution < 1.29 is 4.43 Å². The third kappa shape index (κ3) is 4.88. The van der Waals surface area contributed by atoms with Crippen molar-refractivity contribution in [3.8, 4) is 0 Å². The molecule has 0 aromatic heterocycles. The Morgan fingerprint density at radius 3 is 2.40 bits per heavy atom. The van der Waals surface area contributed by atoms with Gasteiger partial charge in [-0.15, -0.1) is 11.6 Å². The molecule has 0 saturated carbocycles. The largest absolute Gasteiger partial charge is 0.416 e. The molecule has 1 aliphatic rings. The minimum atomic E-state index is -1.46. The van der Waals surface area contributed by atoms with Crippen molar-refractivity contribution in [3.05, 3.63) is 0 Å². The SMILES string of the molecule is CC(C)CCCO[Si]1(CCl)CCCCC1. The van der Waals surface area contributed by atoms with E-state index in [9.17, 15) is 0 Å². The predicted octanol–water partition coefficient (Wildman–Crippen LogP) is 4.35. The maximum absolute atomic E-state index is 6.18. The van der Waals surface area contributed by atoms with Gasteiger partial charge in [-0.1, -0.05) is 33.1 Å². The molecule has 0 radical (unpaired) electrons. The predicted molar refractivity (Wildman–Crippen MR) is 70.0 cm³/mol. The Morgan fingerprint density at radius 1 is 1.20 bits per heavy atom. The summed E-state index contributed by atoms with van der Waals surface area (Å²) in [6, 6.07) is 2.61. The van der Waals surface area contributed by atoms with Crippen molar-refractivity contribution in [2.75, 3.05) is 12.1 Å². The van der Waals surface area contributed by atoms with E-state index in [2.05, 4.69) is 13.8 Å². The lowest BCUT2D eigenvalue weighted by atomic mass is 10.1. The van der Waals surface area contributed by atoms with E-state index >= 15 is 0 Å². The van der Waals surface area contributed by atoms with Crippen LogP contribution in [0.15, 0.2) is 0 Å². The first kappa shape index (κ1) is 13.5. The van der Waals surface area contributed by atoms with Crippen molar-refractivity contribution in [1.29, 1.82) is 0 Å². The van der Waals surface area contributed by atoms with Crippen molar-refractivity contribution in [2.45, 2.75) is 58.0 Å². The van der Waals surface area contributed by atoms with Gasteiger partial charge in [0.15, 0.2) is 0 Å². The van der Waals surface area contributed by atoms with E-state index in [1.54, 1.807) is 0 Å². The Kier molecular flexibility index (Phi) is 6.25. The van der Waals surface area contributed by atoms with E-state index in [-0.39, 0.29) is 0 Å². The van der Waals surface area contributed by atoms with E-state index in [1.165, 1.54) is 44.2 Å². The maximum Gasteiger partial charge on any atom is 0.207 e. The highest BCUT2D eigenvalue weighted by Crippen LogP contribution is 2.30. The van der Waals surface area contributed by atoms with E-state index in [0.717, 1.165) is 18.0 Å². The van der Waals surface area contributed by atoms with Crippen LogP contribution in [0.1, 0.15) is 46.0 Å². The highest BCUT2D eigenvalue weighted by atomic mass is 35.5. The Morgan fingerprint density at radius 2 is 1.87 bits per heavy atom. The van der Waals surface area contributed by atoms with Crippen LogP contribution in [0, 0.1) is 5.92 Å². The molecule has 1 aliphatic heterocycles. The summed E-state index contributed by atoms with van der Waals surface area (Å²) in [7, 11) is -1.46. The molecule has 1 fully saturated rings. The number of hydrogen-bond acceptors (Lipinski definition) is 1. The van der Waals surface area contributed by atoms with Crippen LogP contribution in [0.2, 0.25) is 12.1 Å². The highest BCUT2D eigenvalue weighted by molar-refractivity contribution is 6.80. The molecule has 1 rings (SSSR count). The molecule has 0 N–H and O–H groups in total. The molecule has 0 aliphatic carbocycles. The lowest BCUT2D eigenvalue weighted by Crippen LogP contribution is -2.43. The van der Waals surface area contributed by atoms with Gasteiger partial charge in [-0.05, 0) is 30.8 Å². The molecule has 0 amide bonds. The first-order chi connectivity index (χ1) is 7.18. The Labute approximate surface area is 101 Å². The standard InChI is InChI=1S/C12H25ClOSi/c1-12(2)7-6-8-14-15(11-13)9-4-3-5-10-15/h12H,3-11H2,1-2H3. The zero-order chi connectivity index (χ0) is 11.1. The van der Waals surface area contributed by atoms with Crippen molar-refractivity contribution in [2.24, 2.45) is 5.92 Å². The fourth-order valence-electron chi connectivity index (χ4n) is 2.29. The third-order valence-corrected chi connectivity index (χ3v) is 8.64. The topological polar surface area (TPSA) is 9.23 Å². The van der Waals surface area contributed by atoms with Crippen LogP contribution in [0.4, 0.5) is 0 Å². The van der Waals surface area contributed by atoms with Gasteiger partial charge >= 0.3 is 0 Å². The molecule has 1 heterocycles. The molecule has 3 heteroatoms. The van der Waals surface area contributed by atoms with Crippen molar-refractivity contribution in [1.82, 2.24) is 0 Å². The van der Waals surface area contributed by atoms with Gasteiger partial charge in [0.1, 0.15) is 0 Å². The summed E-state index contributed by atoms with van der Waals surface area (Å²) in [5, 5.41) is 0. The zero-order valence-electron chi connectivity index (χ0n) is 10.2. The number of halogens is 1. The van der Waals surface area contributed by atoms with Crippen LogP contribution in [0.25, 0.3) is 0 Å². The van der Waals surface area contributed by atoms with Crippen LogP contribution in [0.5, 0.6) is 0 Å². The summed E-state index contributed by atoms with van der Waals surface area (Å²) < 4.78 is 6.18. The molecule has 0 bridgehead atoms. The van der Waals surface area contributed by atoms with Crippen LogP contribution < -0.4 is 0 Å². The van der Waals surface area contributed by atoms with Crippen LogP contribution in [-0.2, 0) is 4.43 Å². The number of hydrogen-bond donors (Lipinski definition) is 0. The average Bonchev–Trinajstić information content (AvgIpc) is 2.26. The lowest BCUT2D eigenvalue weighted by molar-refractivity contribution is 0.277. The van der Waals surface area contributed by atoms with Gasteiger partial charge in [0.2, 0.25) is 8.32 Å². The van der Waals surface area contributed by atoms with Crippen LogP contribution in [0.3, 0.4) is 0 Å². The molecule has 90 valence electrons. The summed E-state index contributed by atoms with van der Waals surface area (Å²) in [6.45, 7) is 5.50. The van der Waals surface area contributed by atoms with Crippen LogP contribution >= 0.6 is 11.6 Å². The summed E-state index contributed by atoms with van der Waals surface area (Å²) in [5.41, 5.74) is 0.814. The van der Waals surface area contributed by atoms with Gasteiger partial charge in [-0.3, -0.25) is 0 Å². The smallest absolute Gasteiger partial charge is 0.207 e. The average molecular weight is 249 g/mol. The molecule has 15 heavy (non-hydrogen) atoms. The molecular weight excluding hydrogens is 224 g/mol. The normalized spacial score (nSPS) is 20.8. The quantitative estimate of drug-likeness (QED) is 0.386. The molecule has 0 unspecified atom stereocenters. The zero-order valence-corrected chi connectivity index (χ0v) is 12.0. The van der Waals surface area contributed by atoms with Gasteiger partial charge in [-0.25, -0.2) is 0 Å². The van der Waals surface area contributed by atoms with Gasteiger partial charge in [0.25, 0.3) is 0 Å². The van der Waals surface area contributed by atoms with E-state index in [0.29, 0.717) is 0 Å². The Bertz CT molecular complexity index is 167. The van der Waals surface area contributed by atoms with Gasteiger partial charge < -0.3 is 4.43 Å². The Hall–Kier alpha value is 0.467. The van der Waals surface area contributed by atoms with Crippen molar-refractivity contribution >= 4 is 19.9 Å². The molecule has 0 spiro atoms. The molecule has 1 nitrogen and oxygen atoms in total. The minimum absolute atomic E-state index is 0.800. The number of rotatable bonds is 6. The first-order valence-corrected chi connectivity index (χ1v) is 9.45. The second kappa shape index (κ2) is 6.92. The van der Waals surface area contributed by atoms with E-state index < -0.39 is 8.32 Å². The highest BCUT2D eigenvalue weighted by Gasteiger charge is 2.35. The molecule has 0 atom stereocenters. The second-order valence-electron chi connectivity index (χ2n) is 5.26. The Balaban J connectivity index is 2.20. The minimum Gasteiger partial charge on any atom is -0.416 e. The summed E-state index contributed by atoms with van der Waals surface area (Å²) in [6.07, 6.45) is 6.59. The maximum atomic E-state index is 6.18. The van der Waals surface area contributed by atoms with Crippen LogP contribution in [-0.4, -0.2) is 20.4 Å². The van der Waals surface area contributed by atoms with Gasteiger partial charge in [-0.2, -0.15) is 0 Å². The van der Waals surface area contributed by atoms with Gasteiger partial charge in [0.05, 0.1) is 0 Å². The van der Waals surface area contributed by atoms with E-state index in [1.807, 2.05) is 0 Å². The third-order valence-electron chi connectivity index (χ3n) is 3.34. The summed E-state index contributed by atoms with van der Waals surface area (Å²) in [5.74, 6) is 0.800. The van der Waals surface area contributed by atoms with E-state index in [4.69, 9.17) is 16.0 Å². The monoisotopic (exact) mass is 248 g/mol. The fraction of sp³-hybridized carbons (Fsp3) is 1.00. The van der Waals surface area contributed by atoms with Crippen molar-refractivity contribution in [3.63, 3.8) is 0 Å². The summed E-state index contributed by atoms with van der Waals surface area (Å²) in [4.78, 5) is 0.